The minimum atomic E-state index is -0.678. The summed E-state index contributed by atoms with van der Waals surface area (Å²) in [5.74, 6) is -2.38. The Morgan fingerprint density at radius 3 is 2.44 bits per heavy atom. The zero-order valence-corrected chi connectivity index (χ0v) is 8.07. The van der Waals surface area contributed by atoms with Gasteiger partial charge in [-0.1, -0.05) is 6.58 Å². The van der Waals surface area contributed by atoms with Gasteiger partial charge in [-0.15, -0.1) is 0 Å². The molecule has 7 nitrogen and oxygen atoms in total. The summed E-state index contributed by atoms with van der Waals surface area (Å²) in [7, 11) is 0. The van der Waals surface area contributed by atoms with E-state index in [0.717, 1.165) is 6.08 Å². The van der Waals surface area contributed by atoms with Crippen LogP contribution >= 0.6 is 0 Å². The maximum atomic E-state index is 11.4. The van der Waals surface area contributed by atoms with E-state index in [1.54, 1.807) is 0 Å². The average molecular weight is 221 g/mol. The minimum absolute atomic E-state index is 0.0886. The molecule has 0 aromatic heterocycles. The van der Waals surface area contributed by atoms with Crippen molar-refractivity contribution in [3.8, 4) is 0 Å². The summed E-state index contributed by atoms with van der Waals surface area (Å²) in [5, 5.41) is 2.65. The molecule has 4 amide bonds. The van der Waals surface area contributed by atoms with Crippen molar-refractivity contribution in [3.05, 3.63) is 23.9 Å². The minimum Gasteiger partial charge on any atom is -0.287 e. The Kier molecular flexibility index (Phi) is 2.08. The van der Waals surface area contributed by atoms with E-state index < -0.39 is 23.6 Å². The first-order valence-corrected chi connectivity index (χ1v) is 4.38. The van der Waals surface area contributed by atoms with Crippen LogP contribution in [-0.4, -0.2) is 28.6 Å². The zero-order chi connectivity index (χ0) is 11.9. The average Bonchev–Trinajstić information content (AvgIpc) is 2.62. The topological polar surface area (TPSA) is 95.6 Å². The number of nitrogens with one attached hydrogen (secondary N) is 2. The predicted octanol–water partition coefficient (Wildman–Crippen LogP) is -1.65. The first-order chi connectivity index (χ1) is 7.49. The second kappa shape index (κ2) is 3.30. The van der Waals surface area contributed by atoms with Gasteiger partial charge in [0.05, 0.1) is 6.42 Å². The first-order valence-electron chi connectivity index (χ1n) is 4.38. The molecule has 16 heavy (non-hydrogen) atoms. The molecule has 0 aromatic carbocycles. The van der Waals surface area contributed by atoms with Crippen molar-refractivity contribution in [1.29, 1.82) is 0 Å². The highest BCUT2D eigenvalue weighted by Gasteiger charge is 2.35. The molecule has 2 aliphatic heterocycles. The smallest absolute Gasteiger partial charge is 0.276 e. The van der Waals surface area contributed by atoms with E-state index in [0.29, 0.717) is 5.01 Å². The van der Waals surface area contributed by atoms with E-state index in [9.17, 15) is 19.2 Å². The van der Waals surface area contributed by atoms with Crippen molar-refractivity contribution in [2.75, 3.05) is 0 Å². The third kappa shape index (κ3) is 1.48. The third-order valence-corrected chi connectivity index (χ3v) is 2.11. The lowest BCUT2D eigenvalue weighted by atomic mass is 10.3. The van der Waals surface area contributed by atoms with Gasteiger partial charge in [0.15, 0.2) is 0 Å². The molecule has 0 spiro atoms. The van der Waals surface area contributed by atoms with Gasteiger partial charge in [0.2, 0.25) is 0 Å². The number of hydrogen-bond acceptors (Lipinski definition) is 5. The van der Waals surface area contributed by atoms with Gasteiger partial charge in [-0.3, -0.25) is 29.9 Å². The van der Waals surface area contributed by atoms with Gasteiger partial charge in [0.25, 0.3) is 23.6 Å². The summed E-state index contributed by atoms with van der Waals surface area (Å²) in [6.07, 6.45) is 0.888. The van der Waals surface area contributed by atoms with Crippen molar-refractivity contribution in [2.45, 2.75) is 6.42 Å². The van der Waals surface area contributed by atoms with Gasteiger partial charge in [-0.05, 0) is 0 Å². The van der Waals surface area contributed by atoms with Gasteiger partial charge in [0, 0.05) is 11.6 Å². The van der Waals surface area contributed by atoms with E-state index in [1.807, 2.05) is 5.32 Å². The molecule has 0 aromatic rings. The molecule has 2 rings (SSSR count). The maximum Gasteiger partial charge on any atom is 0.276 e. The summed E-state index contributed by atoms with van der Waals surface area (Å²) in [6, 6.07) is 0. The van der Waals surface area contributed by atoms with E-state index in [2.05, 4.69) is 12.0 Å². The highest BCUT2D eigenvalue weighted by Crippen LogP contribution is 2.15. The van der Waals surface area contributed by atoms with Crippen LogP contribution in [0.5, 0.6) is 0 Å². The van der Waals surface area contributed by atoms with Crippen LogP contribution < -0.4 is 10.7 Å². The van der Waals surface area contributed by atoms with Gasteiger partial charge >= 0.3 is 0 Å². The summed E-state index contributed by atoms with van der Waals surface area (Å²) < 4.78 is 0. The number of amides is 4. The molecule has 0 unspecified atom stereocenters. The number of rotatable bonds is 2. The van der Waals surface area contributed by atoms with E-state index in [-0.39, 0.29) is 17.7 Å². The van der Waals surface area contributed by atoms with Crippen LogP contribution in [0.4, 0.5) is 0 Å². The van der Waals surface area contributed by atoms with E-state index in [4.69, 9.17) is 0 Å². The van der Waals surface area contributed by atoms with Crippen molar-refractivity contribution < 1.29 is 19.2 Å². The fourth-order valence-electron chi connectivity index (χ4n) is 1.34. The third-order valence-electron chi connectivity index (χ3n) is 2.11. The standard InChI is InChI=1S/C9H7N3O4/c1-4-2-7(14)12(9(4)16)11-5-3-6(13)10-8(5)15/h3H,1-2H2,(H2,10,11,13,15). The first kappa shape index (κ1) is 10.1. The van der Waals surface area contributed by atoms with Gasteiger partial charge in [0.1, 0.15) is 5.70 Å². The van der Waals surface area contributed by atoms with Crippen molar-refractivity contribution in [2.24, 2.45) is 0 Å². The summed E-state index contributed by atoms with van der Waals surface area (Å²) in [4.78, 5) is 44.6. The maximum absolute atomic E-state index is 11.4. The van der Waals surface area contributed by atoms with Gasteiger partial charge in [-0.2, -0.15) is 5.01 Å². The number of carbonyl (C=O) groups is 4. The molecule has 82 valence electrons. The predicted molar refractivity (Wildman–Crippen MR) is 50.0 cm³/mol. The van der Waals surface area contributed by atoms with E-state index in [1.165, 1.54) is 0 Å². The van der Waals surface area contributed by atoms with Crippen molar-refractivity contribution in [1.82, 2.24) is 15.8 Å². The largest absolute Gasteiger partial charge is 0.287 e. The highest BCUT2D eigenvalue weighted by atomic mass is 16.2. The summed E-state index contributed by atoms with van der Waals surface area (Å²) >= 11 is 0. The van der Waals surface area contributed by atoms with Crippen LogP contribution in [0.3, 0.4) is 0 Å². The van der Waals surface area contributed by atoms with Crippen LogP contribution in [0.15, 0.2) is 23.9 Å². The van der Waals surface area contributed by atoms with Crippen LogP contribution in [0.1, 0.15) is 6.42 Å². The molecule has 0 radical (unpaired) electrons. The van der Waals surface area contributed by atoms with Crippen molar-refractivity contribution in [3.63, 3.8) is 0 Å². The Labute approximate surface area is 89.7 Å². The summed E-state index contributed by atoms with van der Waals surface area (Å²) in [6.45, 7) is 3.41. The second-order valence-corrected chi connectivity index (χ2v) is 3.30. The number of hydrogen-bond donors (Lipinski definition) is 2. The van der Waals surface area contributed by atoms with Crippen LogP contribution in [0.2, 0.25) is 0 Å². The normalized spacial score (nSPS) is 20.4. The Morgan fingerprint density at radius 2 is 2.00 bits per heavy atom. The van der Waals surface area contributed by atoms with Crippen molar-refractivity contribution >= 4 is 23.6 Å². The Bertz CT molecular complexity index is 477. The Balaban J connectivity index is 2.17. The monoisotopic (exact) mass is 221 g/mol. The fraction of sp³-hybridized carbons (Fsp3) is 0.111. The number of carbonyl (C=O) groups excluding carboxylic acids is 4. The fourth-order valence-corrected chi connectivity index (χ4v) is 1.34. The molecule has 1 fully saturated rings. The van der Waals surface area contributed by atoms with Gasteiger partial charge < -0.3 is 0 Å². The zero-order valence-electron chi connectivity index (χ0n) is 8.07. The molecular formula is C9H7N3O4. The molecular weight excluding hydrogens is 214 g/mol. The molecule has 2 heterocycles. The number of nitrogens with zero attached hydrogens (tertiary/aromatic N) is 1. The molecule has 7 heteroatoms. The second-order valence-electron chi connectivity index (χ2n) is 3.30. The SMILES string of the molecule is C=C1CC(=O)N(NC2=CC(=O)NC2=O)C1=O. The number of imide groups is 2. The lowest BCUT2D eigenvalue weighted by Crippen LogP contribution is -2.43. The molecule has 0 aliphatic carbocycles. The van der Waals surface area contributed by atoms with Crippen LogP contribution in [0, 0.1) is 0 Å². The number of hydrazine groups is 1. The lowest BCUT2D eigenvalue weighted by Gasteiger charge is -2.15. The molecule has 2 N–H and O–H groups in total. The molecule has 0 bridgehead atoms. The lowest BCUT2D eigenvalue weighted by molar-refractivity contribution is -0.140. The van der Waals surface area contributed by atoms with Gasteiger partial charge in [-0.25, -0.2) is 0 Å². The molecule has 0 atom stereocenters. The van der Waals surface area contributed by atoms with Crippen LogP contribution in [-0.2, 0) is 19.2 Å². The Hall–Kier alpha value is -2.44. The quantitative estimate of drug-likeness (QED) is 0.430. The molecule has 0 saturated carbocycles. The molecule has 1 saturated heterocycles. The van der Waals surface area contributed by atoms with Crippen LogP contribution in [0.25, 0.3) is 0 Å². The highest BCUT2D eigenvalue weighted by molar-refractivity contribution is 6.17. The summed E-state index contributed by atoms with van der Waals surface area (Å²) in [5.41, 5.74) is 2.29. The van der Waals surface area contributed by atoms with E-state index >= 15 is 0 Å². The Morgan fingerprint density at radius 1 is 1.31 bits per heavy atom. The molecule has 2 aliphatic rings.